The Morgan fingerprint density at radius 3 is 2.44 bits per heavy atom. The molecule has 148 valence electrons. The molecule has 1 atom stereocenters. The Kier molecular flexibility index (Phi) is 11.0. The number of aliphatic imine (C=N–C) groups is 1. The quantitative estimate of drug-likeness (QED) is 0.163. The van der Waals surface area contributed by atoms with Crippen molar-refractivity contribution < 1.29 is 9.59 Å². The predicted octanol–water partition coefficient (Wildman–Crippen LogP) is -0.259. The summed E-state index contributed by atoms with van der Waals surface area (Å²) in [5.74, 6) is 0.166. The number of likely N-dealkylation sites (tertiary alicyclic amines) is 1. The number of benzene rings is 1. The van der Waals surface area contributed by atoms with Crippen molar-refractivity contribution in [3.63, 3.8) is 0 Å². The fourth-order valence-corrected chi connectivity index (χ4v) is 2.56. The van der Waals surface area contributed by atoms with Crippen LogP contribution in [0.1, 0.15) is 18.4 Å². The van der Waals surface area contributed by atoms with Crippen molar-refractivity contribution in [1.82, 2.24) is 10.2 Å². The average molecular weight is 374 g/mol. The molecule has 1 unspecified atom stereocenters. The molecule has 0 bridgehead atoms. The number of amides is 2. The molecule has 1 fully saturated rings. The van der Waals surface area contributed by atoms with Gasteiger partial charge in [0.15, 0.2) is 5.96 Å². The summed E-state index contributed by atoms with van der Waals surface area (Å²) in [6, 6.07) is 9.55. The Labute approximate surface area is 160 Å². The van der Waals surface area contributed by atoms with Crippen molar-refractivity contribution in [1.29, 1.82) is 0 Å². The number of nitrogens with zero attached hydrogens (tertiary/aromatic N) is 2. The van der Waals surface area contributed by atoms with Gasteiger partial charge in [0.25, 0.3) is 0 Å². The number of carbonyl (C=O) groups excluding carboxylic acids is 2. The lowest BCUT2D eigenvalue weighted by molar-refractivity contribution is -0.131. The summed E-state index contributed by atoms with van der Waals surface area (Å²) >= 11 is 0. The van der Waals surface area contributed by atoms with Gasteiger partial charge in [-0.15, -0.1) is 0 Å². The van der Waals surface area contributed by atoms with Gasteiger partial charge < -0.3 is 27.4 Å². The molecule has 1 aliphatic rings. The third-order valence-electron chi connectivity index (χ3n) is 3.90. The predicted molar refractivity (Wildman–Crippen MR) is 108 cm³/mol. The van der Waals surface area contributed by atoms with Crippen LogP contribution >= 0.6 is 0 Å². The molecule has 0 saturated carbocycles. The first kappa shape index (κ1) is 22.2. The zero-order valence-electron chi connectivity index (χ0n) is 15.6. The van der Waals surface area contributed by atoms with E-state index in [0.717, 1.165) is 31.5 Å². The Hall–Kier alpha value is -2.87. The van der Waals surface area contributed by atoms with E-state index < -0.39 is 0 Å². The lowest BCUT2D eigenvalue weighted by Gasteiger charge is -2.20. The summed E-state index contributed by atoms with van der Waals surface area (Å²) in [4.78, 5) is 27.3. The monoisotopic (exact) mass is 374 g/mol. The van der Waals surface area contributed by atoms with E-state index in [1.54, 1.807) is 12.2 Å². The van der Waals surface area contributed by atoms with Gasteiger partial charge in [-0.05, 0) is 24.8 Å². The van der Waals surface area contributed by atoms with Gasteiger partial charge in [-0.3, -0.25) is 9.59 Å². The highest BCUT2D eigenvalue weighted by Gasteiger charge is 2.23. The van der Waals surface area contributed by atoms with Crippen molar-refractivity contribution in [2.24, 2.45) is 22.2 Å². The average Bonchev–Trinajstić information content (AvgIpc) is 3.20. The normalized spacial score (nSPS) is 14.2. The summed E-state index contributed by atoms with van der Waals surface area (Å²) in [5.41, 5.74) is 17.2. The molecule has 2 rings (SSSR count). The molecular formula is C19H30N6O2. The molecule has 8 nitrogen and oxygen atoms in total. The molecule has 1 saturated heterocycles. The number of rotatable bonds is 8. The van der Waals surface area contributed by atoms with Crippen LogP contribution in [0.25, 0.3) is 0 Å². The molecule has 1 heterocycles. The summed E-state index contributed by atoms with van der Waals surface area (Å²) in [7, 11) is 0. The van der Waals surface area contributed by atoms with E-state index >= 15 is 0 Å². The van der Waals surface area contributed by atoms with Gasteiger partial charge in [-0.1, -0.05) is 42.5 Å². The lowest BCUT2D eigenvalue weighted by Crippen LogP contribution is -2.43. The van der Waals surface area contributed by atoms with Crippen LogP contribution < -0.4 is 22.5 Å². The van der Waals surface area contributed by atoms with Crippen LogP contribution in [0.15, 0.2) is 47.5 Å². The SMILES string of the molecule is NC(Cc1ccccc1)C(=O)N1CCCC1.NC(N)=NC/C=C/CNC=O. The minimum atomic E-state index is -0.388. The number of nitrogens with one attached hydrogen (secondary N) is 1. The van der Waals surface area contributed by atoms with Crippen molar-refractivity contribution in [2.45, 2.75) is 25.3 Å². The summed E-state index contributed by atoms with van der Waals surface area (Å²) in [6.45, 7) is 2.70. The van der Waals surface area contributed by atoms with Crippen LogP contribution in [-0.2, 0) is 16.0 Å². The maximum Gasteiger partial charge on any atom is 0.239 e. The molecule has 0 radical (unpaired) electrons. The second-order valence-corrected chi connectivity index (χ2v) is 6.09. The van der Waals surface area contributed by atoms with Crippen molar-refractivity contribution in [3.05, 3.63) is 48.0 Å². The second-order valence-electron chi connectivity index (χ2n) is 6.09. The fourth-order valence-electron chi connectivity index (χ4n) is 2.56. The Balaban J connectivity index is 0.000000293. The zero-order chi connectivity index (χ0) is 19.9. The molecule has 1 aliphatic heterocycles. The minimum absolute atomic E-state index is 0.0676. The van der Waals surface area contributed by atoms with E-state index in [4.69, 9.17) is 17.2 Å². The number of nitrogens with two attached hydrogens (primary N) is 3. The van der Waals surface area contributed by atoms with E-state index in [2.05, 4.69) is 10.3 Å². The van der Waals surface area contributed by atoms with Gasteiger partial charge in [0, 0.05) is 19.6 Å². The van der Waals surface area contributed by atoms with Gasteiger partial charge in [0.2, 0.25) is 12.3 Å². The number of hydrogen-bond acceptors (Lipinski definition) is 4. The molecule has 2 amide bonds. The molecular weight excluding hydrogens is 344 g/mol. The molecule has 7 N–H and O–H groups in total. The summed E-state index contributed by atoms with van der Waals surface area (Å²) in [5, 5.41) is 2.46. The highest BCUT2D eigenvalue weighted by atomic mass is 16.2. The minimum Gasteiger partial charge on any atom is -0.370 e. The number of hydrogen-bond donors (Lipinski definition) is 4. The molecule has 8 heteroatoms. The molecule has 0 spiro atoms. The van der Waals surface area contributed by atoms with Gasteiger partial charge in [-0.2, -0.15) is 0 Å². The van der Waals surface area contributed by atoms with Crippen LogP contribution in [0.4, 0.5) is 0 Å². The largest absolute Gasteiger partial charge is 0.370 e. The highest BCUT2D eigenvalue weighted by molar-refractivity contribution is 5.82. The first-order valence-electron chi connectivity index (χ1n) is 9.00. The topological polar surface area (TPSA) is 140 Å². The van der Waals surface area contributed by atoms with E-state index in [0.29, 0.717) is 25.9 Å². The van der Waals surface area contributed by atoms with Crippen molar-refractivity contribution in [3.8, 4) is 0 Å². The van der Waals surface area contributed by atoms with Gasteiger partial charge in [-0.25, -0.2) is 4.99 Å². The van der Waals surface area contributed by atoms with Crippen LogP contribution in [0.3, 0.4) is 0 Å². The third kappa shape index (κ3) is 10.0. The Bertz CT molecular complexity index is 608. The van der Waals surface area contributed by atoms with Gasteiger partial charge in [0.1, 0.15) is 0 Å². The second kappa shape index (κ2) is 13.3. The number of carbonyl (C=O) groups is 2. The van der Waals surface area contributed by atoms with Crippen LogP contribution in [0.5, 0.6) is 0 Å². The molecule has 27 heavy (non-hydrogen) atoms. The van der Waals surface area contributed by atoms with Crippen LogP contribution in [0, 0.1) is 0 Å². The molecule has 0 aromatic heterocycles. The maximum absolute atomic E-state index is 12.0. The Morgan fingerprint density at radius 1 is 1.19 bits per heavy atom. The van der Waals surface area contributed by atoms with E-state index in [1.807, 2.05) is 35.2 Å². The standard InChI is InChI=1S/C13H18N2O.C6H12N4O/c14-12(10-11-6-2-1-3-7-11)13(16)15-8-4-5-9-15;7-6(8)10-4-2-1-3-9-5-11/h1-3,6-7,12H,4-5,8-10,14H2;1-2,5H,3-4H2,(H,9,11)(H4,7,8,10)/b;2-1+. The zero-order valence-corrected chi connectivity index (χ0v) is 15.6. The first-order chi connectivity index (χ1) is 13.0. The summed E-state index contributed by atoms with van der Waals surface area (Å²) < 4.78 is 0. The maximum atomic E-state index is 12.0. The van der Waals surface area contributed by atoms with E-state index in [1.165, 1.54) is 0 Å². The van der Waals surface area contributed by atoms with Crippen molar-refractivity contribution >= 4 is 18.3 Å². The molecule has 1 aromatic rings. The third-order valence-corrected chi connectivity index (χ3v) is 3.90. The molecule has 0 aliphatic carbocycles. The highest BCUT2D eigenvalue weighted by Crippen LogP contribution is 2.10. The van der Waals surface area contributed by atoms with Gasteiger partial charge in [0.05, 0.1) is 12.6 Å². The van der Waals surface area contributed by atoms with Crippen LogP contribution in [-0.4, -0.2) is 55.4 Å². The number of guanidine groups is 1. The van der Waals surface area contributed by atoms with Gasteiger partial charge >= 0.3 is 0 Å². The van der Waals surface area contributed by atoms with E-state index in [-0.39, 0.29) is 17.9 Å². The lowest BCUT2D eigenvalue weighted by atomic mass is 10.1. The smallest absolute Gasteiger partial charge is 0.239 e. The molecule has 1 aromatic carbocycles. The fraction of sp³-hybridized carbons (Fsp3) is 0.421. The van der Waals surface area contributed by atoms with E-state index in [9.17, 15) is 9.59 Å². The Morgan fingerprint density at radius 2 is 1.85 bits per heavy atom. The van der Waals surface area contributed by atoms with Crippen molar-refractivity contribution in [2.75, 3.05) is 26.2 Å². The first-order valence-corrected chi connectivity index (χ1v) is 9.00. The summed E-state index contributed by atoms with van der Waals surface area (Å²) in [6.07, 6.45) is 7.02. The van der Waals surface area contributed by atoms with Crippen LogP contribution in [0.2, 0.25) is 0 Å².